The second kappa shape index (κ2) is 5.31. The highest BCUT2D eigenvalue weighted by atomic mass is 16.5. The van der Waals surface area contributed by atoms with Crippen LogP contribution in [0, 0.1) is 0 Å². The zero-order chi connectivity index (χ0) is 13.1. The maximum Gasteiger partial charge on any atom is 0.184 e. The number of anilines is 1. The van der Waals surface area contributed by atoms with Gasteiger partial charge in [0.2, 0.25) is 0 Å². The lowest BCUT2D eigenvalue weighted by Crippen LogP contribution is -2.17. The second-order valence-corrected chi connectivity index (χ2v) is 4.41. The van der Waals surface area contributed by atoms with Gasteiger partial charge in [-0.05, 0) is 6.42 Å². The molecule has 0 radical (unpaired) electrons. The molecular formula is C12H16N6O. The third-order valence-electron chi connectivity index (χ3n) is 3.01. The number of aromatic nitrogens is 5. The molecule has 0 amide bonds. The first kappa shape index (κ1) is 12.0. The molecule has 0 saturated heterocycles. The number of hydrogen-bond donors (Lipinski definition) is 2. The Morgan fingerprint density at radius 2 is 2.37 bits per heavy atom. The molecule has 3 rings (SSSR count). The molecule has 0 spiro atoms. The fraction of sp³-hybridized carbons (Fsp3) is 0.500. The molecule has 3 heterocycles. The summed E-state index contributed by atoms with van der Waals surface area (Å²) >= 11 is 0. The van der Waals surface area contributed by atoms with Crippen molar-refractivity contribution in [3.63, 3.8) is 0 Å². The van der Waals surface area contributed by atoms with Crippen LogP contribution >= 0.6 is 0 Å². The van der Waals surface area contributed by atoms with Crippen LogP contribution < -0.4 is 5.32 Å². The van der Waals surface area contributed by atoms with Gasteiger partial charge in [-0.2, -0.15) is 15.4 Å². The summed E-state index contributed by atoms with van der Waals surface area (Å²) in [5, 5.41) is 13.8. The molecule has 0 bridgehead atoms. The predicted octanol–water partition coefficient (Wildman–Crippen LogP) is 1.16. The van der Waals surface area contributed by atoms with E-state index >= 15 is 0 Å². The van der Waals surface area contributed by atoms with Crippen molar-refractivity contribution in [2.75, 3.05) is 18.5 Å². The fourth-order valence-corrected chi connectivity index (χ4v) is 2.05. The van der Waals surface area contributed by atoms with Crippen molar-refractivity contribution in [2.45, 2.75) is 26.4 Å². The summed E-state index contributed by atoms with van der Waals surface area (Å²) in [7, 11) is 0. The molecule has 1 aliphatic rings. The number of nitrogens with one attached hydrogen (secondary N) is 2. The van der Waals surface area contributed by atoms with Crippen molar-refractivity contribution in [3.8, 4) is 11.5 Å². The Morgan fingerprint density at radius 1 is 1.42 bits per heavy atom. The number of nitrogens with zero attached hydrogens (tertiary/aromatic N) is 4. The smallest absolute Gasteiger partial charge is 0.184 e. The zero-order valence-electron chi connectivity index (χ0n) is 10.8. The Bertz CT molecular complexity index is 554. The molecule has 2 aromatic heterocycles. The Morgan fingerprint density at radius 3 is 3.16 bits per heavy atom. The minimum Gasteiger partial charge on any atom is -0.376 e. The lowest BCUT2D eigenvalue weighted by atomic mass is 10.1. The molecule has 0 atom stereocenters. The summed E-state index contributed by atoms with van der Waals surface area (Å²) < 4.78 is 5.49. The van der Waals surface area contributed by atoms with Gasteiger partial charge in [0.05, 0.1) is 25.1 Å². The molecule has 2 aromatic rings. The molecule has 0 unspecified atom stereocenters. The molecule has 2 N–H and O–H groups in total. The van der Waals surface area contributed by atoms with Crippen LogP contribution in [0.15, 0.2) is 6.20 Å². The van der Waals surface area contributed by atoms with E-state index in [4.69, 9.17) is 4.74 Å². The van der Waals surface area contributed by atoms with Gasteiger partial charge in [-0.15, -0.1) is 0 Å². The summed E-state index contributed by atoms with van der Waals surface area (Å²) in [6.45, 7) is 4.27. The van der Waals surface area contributed by atoms with Gasteiger partial charge in [0.1, 0.15) is 11.5 Å². The van der Waals surface area contributed by atoms with E-state index in [2.05, 4.69) is 37.6 Å². The molecule has 0 saturated carbocycles. The summed E-state index contributed by atoms with van der Waals surface area (Å²) in [5.41, 5.74) is 2.76. The highest BCUT2D eigenvalue weighted by Gasteiger charge is 2.19. The molecule has 0 aromatic carbocycles. The lowest BCUT2D eigenvalue weighted by Gasteiger charge is -2.19. The minimum absolute atomic E-state index is 0.570. The average molecular weight is 260 g/mol. The van der Waals surface area contributed by atoms with E-state index in [1.54, 1.807) is 6.20 Å². The molecule has 7 heteroatoms. The highest BCUT2D eigenvalue weighted by Crippen LogP contribution is 2.25. The van der Waals surface area contributed by atoms with Crippen LogP contribution in [0.3, 0.4) is 0 Å². The summed E-state index contributed by atoms with van der Waals surface area (Å²) in [4.78, 5) is 9.11. The Labute approximate surface area is 110 Å². The first-order valence-corrected chi connectivity index (χ1v) is 6.46. The first-order valence-electron chi connectivity index (χ1n) is 6.46. The third-order valence-corrected chi connectivity index (χ3v) is 3.01. The van der Waals surface area contributed by atoms with Crippen molar-refractivity contribution >= 4 is 5.82 Å². The van der Waals surface area contributed by atoms with Crippen molar-refractivity contribution in [1.29, 1.82) is 0 Å². The zero-order valence-corrected chi connectivity index (χ0v) is 10.8. The Kier molecular flexibility index (Phi) is 3.37. The van der Waals surface area contributed by atoms with Crippen LogP contribution in [-0.2, 0) is 17.8 Å². The number of fused-ring (bicyclic) bond motifs is 1. The maximum absolute atomic E-state index is 5.49. The SMILES string of the molecule is CCCNc1nc(-c2cn[nH]n2)nc2c1COCC2. The largest absolute Gasteiger partial charge is 0.376 e. The van der Waals surface area contributed by atoms with Gasteiger partial charge >= 0.3 is 0 Å². The van der Waals surface area contributed by atoms with E-state index in [-0.39, 0.29) is 0 Å². The van der Waals surface area contributed by atoms with Crippen LogP contribution in [0.5, 0.6) is 0 Å². The second-order valence-electron chi connectivity index (χ2n) is 4.41. The lowest BCUT2D eigenvalue weighted by molar-refractivity contribution is 0.109. The number of rotatable bonds is 4. The van der Waals surface area contributed by atoms with Crippen LogP contribution in [0.2, 0.25) is 0 Å². The van der Waals surface area contributed by atoms with Crippen LogP contribution in [0.4, 0.5) is 5.82 Å². The number of H-pyrrole nitrogens is 1. The quantitative estimate of drug-likeness (QED) is 0.857. The summed E-state index contributed by atoms with van der Waals surface area (Å²) in [5.74, 6) is 1.46. The molecule has 100 valence electrons. The fourth-order valence-electron chi connectivity index (χ4n) is 2.05. The van der Waals surface area contributed by atoms with E-state index in [9.17, 15) is 0 Å². The van der Waals surface area contributed by atoms with E-state index in [1.165, 1.54) is 0 Å². The van der Waals surface area contributed by atoms with Crippen molar-refractivity contribution < 1.29 is 4.74 Å². The summed E-state index contributed by atoms with van der Waals surface area (Å²) in [6, 6.07) is 0. The van der Waals surface area contributed by atoms with Crippen LogP contribution in [-0.4, -0.2) is 38.5 Å². The minimum atomic E-state index is 0.570. The van der Waals surface area contributed by atoms with Gasteiger partial charge in [-0.1, -0.05) is 6.92 Å². The van der Waals surface area contributed by atoms with E-state index in [0.717, 1.165) is 36.5 Å². The number of aromatic amines is 1. The molecule has 7 nitrogen and oxygen atoms in total. The molecular weight excluding hydrogens is 244 g/mol. The first-order chi connectivity index (χ1) is 9.38. The maximum atomic E-state index is 5.49. The molecule has 1 aliphatic heterocycles. The van der Waals surface area contributed by atoms with Gasteiger partial charge < -0.3 is 10.1 Å². The van der Waals surface area contributed by atoms with Crippen LogP contribution in [0.25, 0.3) is 11.5 Å². The van der Waals surface area contributed by atoms with Gasteiger partial charge in [0.15, 0.2) is 5.82 Å². The number of hydrogen-bond acceptors (Lipinski definition) is 6. The van der Waals surface area contributed by atoms with E-state index < -0.39 is 0 Å². The Hall–Kier alpha value is -2.02. The van der Waals surface area contributed by atoms with E-state index in [0.29, 0.717) is 24.7 Å². The van der Waals surface area contributed by atoms with Gasteiger partial charge in [-0.25, -0.2) is 9.97 Å². The molecule has 0 aliphatic carbocycles. The van der Waals surface area contributed by atoms with Crippen molar-refractivity contribution in [2.24, 2.45) is 0 Å². The van der Waals surface area contributed by atoms with Crippen LogP contribution in [0.1, 0.15) is 24.6 Å². The predicted molar refractivity (Wildman–Crippen MR) is 69.5 cm³/mol. The number of ether oxygens (including phenoxy) is 1. The van der Waals surface area contributed by atoms with Gasteiger partial charge in [0, 0.05) is 18.5 Å². The Balaban J connectivity index is 2.02. The summed E-state index contributed by atoms with van der Waals surface area (Å²) in [6.07, 6.45) is 3.48. The monoisotopic (exact) mass is 260 g/mol. The molecule has 19 heavy (non-hydrogen) atoms. The van der Waals surface area contributed by atoms with E-state index in [1.807, 2.05) is 0 Å². The third kappa shape index (κ3) is 2.41. The normalized spacial score (nSPS) is 14.2. The highest BCUT2D eigenvalue weighted by molar-refractivity contribution is 5.56. The van der Waals surface area contributed by atoms with Gasteiger partial charge in [-0.3, -0.25) is 0 Å². The molecule has 0 fully saturated rings. The topological polar surface area (TPSA) is 88.6 Å². The van der Waals surface area contributed by atoms with Crippen molar-refractivity contribution in [1.82, 2.24) is 25.4 Å². The standard InChI is InChI=1S/C12H16N6O/c1-2-4-13-11-8-7-19-5-3-9(8)15-12(16-11)10-6-14-18-17-10/h6H,2-5,7H2,1H3,(H,13,15,16)(H,14,17,18). The average Bonchev–Trinajstić information content (AvgIpc) is 2.98. The van der Waals surface area contributed by atoms with Gasteiger partial charge in [0.25, 0.3) is 0 Å². The van der Waals surface area contributed by atoms with Crippen molar-refractivity contribution in [3.05, 3.63) is 17.5 Å².